The molecule has 186 valence electrons. The lowest BCUT2D eigenvalue weighted by Gasteiger charge is -2.28. The van der Waals surface area contributed by atoms with Crippen LogP contribution in [-0.4, -0.2) is 76.2 Å². The zero-order valence-electron chi connectivity index (χ0n) is 18.9. The van der Waals surface area contributed by atoms with Crippen LogP contribution in [0.5, 0.6) is 0 Å². The number of carboxylic acid groups (broad SMARTS) is 1. The molecular formula is C20H34N6O7. The fraction of sp³-hybridized carbons (Fsp3) is 0.700. The summed E-state index contributed by atoms with van der Waals surface area (Å²) in [6.45, 7) is 3.66. The molecule has 0 radical (unpaired) electrons. The number of nitrogens with zero attached hydrogens (tertiary/aromatic N) is 1. The van der Waals surface area contributed by atoms with Crippen LogP contribution in [0.25, 0.3) is 0 Å². The highest BCUT2D eigenvalue weighted by Crippen LogP contribution is 2.19. The molecule has 0 bridgehead atoms. The second-order valence-corrected chi connectivity index (χ2v) is 8.24. The predicted molar refractivity (Wildman–Crippen MR) is 116 cm³/mol. The largest absolute Gasteiger partial charge is 0.480 e. The van der Waals surface area contributed by atoms with Gasteiger partial charge in [0.25, 0.3) is 0 Å². The van der Waals surface area contributed by atoms with Gasteiger partial charge in [-0.2, -0.15) is 0 Å². The van der Waals surface area contributed by atoms with Gasteiger partial charge in [0.2, 0.25) is 29.5 Å². The lowest BCUT2D eigenvalue weighted by molar-refractivity contribution is -0.144. The number of amides is 5. The van der Waals surface area contributed by atoms with Crippen LogP contribution in [-0.2, 0) is 28.8 Å². The van der Waals surface area contributed by atoms with Crippen LogP contribution in [0, 0.1) is 5.92 Å². The molecule has 0 aromatic carbocycles. The van der Waals surface area contributed by atoms with Crippen molar-refractivity contribution in [3.63, 3.8) is 0 Å². The number of aliphatic carboxylic acids is 1. The van der Waals surface area contributed by atoms with E-state index in [1.165, 1.54) is 4.90 Å². The normalized spacial score (nSPS) is 19.1. The smallest absolute Gasteiger partial charge is 0.326 e. The van der Waals surface area contributed by atoms with Crippen molar-refractivity contribution in [1.82, 2.24) is 15.5 Å². The Morgan fingerprint density at radius 3 is 2.24 bits per heavy atom. The molecule has 0 aromatic heterocycles. The number of carbonyl (C=O) groups is 6. The van der Waals surface area contributed by atoms with E-state index in [1.54, 1.807) is 13.8 Å². The summed E-state index contributed by atoms with van der Waals surface area (Å²) < 4.78 is 0. The number of carbonyl (C=O) groups excluding carboxylic acids is 5. The summed E-state index contributed by atoms with van der Waals surface area (Å²) in [6.07, 6.45) is 0.670. The first-order chi connectivity index (χ1) is 15.4. The Morgan fingerprint density at radius 1 is 1.09 bits per heavy atom. The first kappa shape index (κ1) is 27.8. The highest BCUT2D eigenvalue weighted by atomic mass is 16.4. The van der Waals surface area contributed by atoms with Crippen molar-refractivity contribution in [2.24, 2.45) is 23.1 Å². The molecule has 1 aliphatic rings. The van der Waals surface area contributed by atoms with Crippen molar-refractivity contribution in [2.75, 3.05) is 6.54 Å². The zero-order valence-corrected chi connectivity index (χ0v) is 18.9. The maximum Gasteiger partial charge on any atom is 0.326 e. The van der Waals surface area contributed by atoms with Gasteiger partial charge >= 0.3 is 5.97 Å². The molecule has 0 spiro atoms. The van der Waals surface area contributed by atoms with E-state index in [0.717, 1.165) is 0 Å². The quantitative estimate of drug-likeness (QED) is 0.169. The summed E-state index contributed by atoms with van der Waals surface area (Å²) in [7, 11) is 0. The number of carboxylic acids is 1. The Labute approximate surface area is 191 Å². The van der Waals surface area contributed by atoms with E-state index in [9.17, 15) is 33.9 Å². The van der Waals surface area contributed by atoms with Crippen molar-refractivity contribution in [2.45, 2.75) is 76.5 Å². The average molecular weight is 471 g/mol. The molecule has 1 saturated heterocycles. The van der Waals surface area contributed by atoms with Crippen LogP contribution in [0.4, 0.5) is 0 Å². The number of nitrogens with one attached hydrogen (secondary N) is 2. The van der Waals surface area contributed by atoms with Crippen LogP contribution in [0.1, 0.15) is 52.4 Å². The van der Waals surface area contributed by atoms with Gasteiger partial charge in [0.15, 0.2) is 0 Å². The molecule has 5 atom stereocenters. The Morgan fingerprint density at radius 2 is 1.73 bits per heavy atom. The van der Waals surface area contributed by atoms with Gasteiger partial charge in [0.05, 0.1) is 12.5 Å². The minimum atomic E-state index is -1.41. The lowest BCUT2D eigenvalue weighted by atomic mass is 9.98. The molecule has 0 aliphatic carbocycles. The molecule has 13 heteroatoms. The van der Waals surface area contributed by atoms with Gasteiger partial charge in [-0.15, -0.1) is 0 Å². The fourth-order valence-electron chi connectivity index (χ4n) is 3.55. The summed E-state index contributed by atoms with van der Waals surface area (Å²) in [6, 6.07) is -4.60. The van der Waals surface area contributed by atoms with Gasteiger partial charge in [0, 0.05) is 13.0 Å². The minimum Gasteiger partial charge on any atom is -0.480 e. The molecule has 13 nitrogen and oxygen atoms in total. The molecule has 33 heavy (non-hydrogen) atoms. The van der Waals surface area contributed by atoms with Crippen molar-refractivity contribution in [3.8, 4) is 0 Å². The molecule has 1 rings (SSSR count). The van der Waals surface area contributed by atoms with Crippen LogP contribution in [0.15, 0.2) is 0 Å². The Hall–Kier alpha value is -3.22. The van der Waals surface area contributed by atoms with E-state index >= 15 is 0 Å². The van der Waals surface area contributed by atoms with E-state index in [-0.39, 0.29) is 19.4 Å². The van der Waals surface area contributed by atoms with Gasteiger partial charge in [-0.05, 0) is 25.2 Å². The second-order valence-electron chi connectivity index (χ2n) is 8.24. The Bertz CT molecular complexity index is 774. The van der Waals surface area contributed by atoms with Gasteiger partial charge in [0.1, 0.15) is 18.1 Å². The molecule has 9 N–H and O–H groups in total. The average Bonchev–Trinajstić information content (AvgIpc) is 3.23. The molecule has 5 unspecified atom stereocenters. The minimum absolute atomic E-state index is 0.0257. The summed E-state index contributed by atoms with van der Waals surface area (Å²) in [5.41, 5.74) is 16.1. The Balaban J connectivity index is 2.93. The first-order valence-corrected chi connectivity index (χ1v) is 10.8. The van der Waals surface area contributed by atoms with Gasteiger partial charge in [-0.3, -0.25) is 24.0 Å². The molecular weight excluding hydrogens is 436 g/mol. The number of rotatable bonds is 13. The molecule has 5 amide bonds. The molecule has 0 aromatic rings. The SMILES string of the molecule is CCC(C)C(NC(=O)C(CC(N)=O)NC(=O)C1CCCN1C(=O)C(N)CCC(N)=O)C(=O)O. The van der Waals surface area contributed by atoms with Crippen LogP contribution < -0.4 is 27.8 Å². The van der Waals surface area contributed by atoms with Crippen molar-refractivity contribution in [1.29, 1.82) is 0 Å². The van der Waals surface area contributed by atoms with Crippen LogP contribution in [0.2, 0.25) is 0 Å². The number of primary amides is 2. The summed E-state index contributed by atoms with van der Waals surface area (Å²) in [4.78, 5) is 73.4. The lowest BCUT2D eigenvalue weighted by Crippen LogP contribution is -2.58. The van der Waals surface area contributed by atoms with E-state index in [0.29, 0.717) is 19.3 Å². The van der Waals surface area contributed by atoms with Gasteiger partial charge < -0.3 is 37.8 Å². The number of nitrogens with two attached hydrogens (primary N) is 3. The van der Waals surface area contributed by atoms with E-state index < -0.39 is 72.0 Å². The van der Waals surface area contributed by atoms with Crippen molar-refractivity contribution >= 4 is 35.5 Å². The Kier molecular flexibility index (Phi) is 10.7. The predicted octanol–water partition coefficient (Wildman–Crippen LogP) is -2.45. The third-order valence-corrected chi connectivity index (χ3v) is 5.67. The molecule has 1 fully saturated rings. The highest BCUT2D eigenvalue weighted by molar-refractivity contribution is 5.96. The van der Waals surface area contributed by atoms with E-state index in [2.05, 4.69) is 10.6 Å². The van der Waals surface area contributed by atoms with E-state index in [1.807, 2.05) is 0 Å². The van der Waals surface area contributed by atoms with Crippen LogP contribution in [0.3, 0.4) is 0 Å². The van der Waals surface area contributed by atoms with E-state index in [4.69, 9.17) is 17.2 Å². The third kappa shape index (κ3) is 8.33. The summed E-state index contributed by atoms with van der Waals surface area (Å²) >= 11 is 0. The van der Waals surface area contributed by atoms with Gasteiger partial charge in [-0.25, -0.2) is 4.79 Å². The topological polar surface area (TPSA) is 228 Å². The highest BCUT2D eigenvalue weighted by Gasteiger charge is 2.38. The van der Waals surface area contributed by atoms with Crippen LogP contribution >= 0.6 is 0 Å². The summed E-state index contributed by atoms with van der Waals surface area (Å²) in [5.74, 6) is -5.23. The molecule has 1 heterocycles. The number of hydrogen-bond acceptors (Lipinski definition) is 7. The fourth-order valence-corrected chi connectivity index (χ4v) is 3.55. The monoisotopic (exact) mass is 470 g/mol. The van der Waals surface area contributed by atoms with Crippen molar-refractivity contribution < 1.29 is 33.9 Å². The van der Waals surface area contributed by atoms with Gasteiger partial charge in [-0.1, -0.05) is 20.3 Å². The zero-order chi connectivity index (χ0) is 25.3. The molecule has 1 aliphatic heterocycles. The third-order valence-electron chi connectivity index (χ3n) is 5.67. The van der Waals surface area contributed by atoms with Crippen molar-refractivity contribution in [3.05, 3.63) is 0 Å². The number of likely N-dealkylation sites (tertiary alicyclic amines) is 1. The first-order valence-electron chi connectivity index (χ1n) is 10.8. The number of hydrogen-bond donors (Lipinski definition) is 6. The maximum atomic E-state index is 12.9. The molecule has 0 saturated carbocycles. The standard InChI is InChI=1S/C20H34N6O7/c1-3-10(2)16(20(32)33)25-17(29)12(9-15(23)28)24-18(30)13-5-4-8-26(13)19(31)11(21)6-7-14(22)27/h10-13,16H,3-9,21H2,1-2H3,(H2,22,27)(H2,23,28)(H,24,30)(H,25,29)(H,32,33). The maximum absolute atomic E-state index is 12.9. The second kappa shape index (κ2) is 12.7. The summed E-state index contributed by atoms with van der Waals surface area (Å²) in [5, 5.41) is 14.1.